The maximum atomic E-state index is 12.8. The van der Waals surface area contributed by atoms with Crippen molar-refractivity contribution in [3.63, 3.8) is 0 Å². The van der Waals surface area contributed by atoms with Crippen LogP contribution in [0.15, 0.2) is 79.0 Å². The lowest BCUT2D eigenvalue weighted by Crippen LogP contribution is -2.36. The van der Waals surface area contributed by atoms with Gasteiger partial charge in [0.1, 0.15) is 12.4 Å². The van der Waals surface area contributed by atoms with Gasteiger partial charge in [0, 0.05) is 23.8 Å². The number of ether oxygens (including phenoxy) is 2. The zero-order chi connectivity index (χ0) is 22.5. The predicted octanol–water partition coefficient (Wildman–Crippen LogP) is 4.83. The highest BCUT2D eigenvalue weighted by Crippen LogP contribution is 2.43. The smallest absolute Gasteiger partial charge is 0.247 e. The van der Waals surface area contributed by atoms with Gasteiger partial charge in [-0.1, -0.05) is 48.7 Å². The van der Waals surface area contributed by atoms with Gasteiger partial charge < -0.3 is 9.47 Å². The molecule has 0 N–H and O–H groups in total. The van der Waals surface area contributed by atoms with Crippen LogP contribution in [0.2, 0.25) is 0 Å². The second-order valence-corrected chi connectivity index (χ2v) is 7.88. The number of benzene rings is 2. The highest BCUT2D eigenvalue weighted by molar-refractivity contribution is 7.99. The molecule has 0 radical (unpaired) electrons. The molecule has 0 saturated heterocycles. The quantitative estimate of drug-likeness (QED) is 0.380. The number of nitrogens with zero attached hydrogens (tertiary/aromatic N) is 4. The molecule has 8 heteroatoms. The topological polar surface area (TPSA) is 77.4 Å². The van der Waals surface area contributed by atoms with Crippen LogP contribution in [0.3, 0.4) is 0 Å². The summed E-state index contributed by atoms with van der Waals surface area (Å²) in [5.41, 5.74) is 2.67. The molecular formula is C24H22N4O3S. The monoisotopic (exact) mass is 446 g/mol. The Balaban J connectivity index is 1.82. The summed E-state index contributed by atoms with van der Waals surface area (Å²) < 4.78 is 11.9. The van der Waals surface area contributed by atoms with E-state index in [9.17, 15) is 4.79 Å². The second-order valence-electron chi connectivity index (χ2n) is 6.89. The molecule has 1 atom stereocenters. The maximum Gasteiger partial charge on any atom is 0.247 e. The molecule has 4 rings (SSSR count). The van der Waals surface area contributed by atoms with Crippen LogP contribution in [0.1, 0.15) is 18.7 Å². The standard InChI is InChI=1S/C24H22N4O3S/c1-4-14-30-18-12-10-17(11-13-18)23-28(16(3)29)20-9-7-6-8-19(20)21-22(31-23)25-24(27-26-21)32-15-5-2/h4-13,23H,1-2,14-15H2,3H3/t23-/m1/s1. The van der Waals surface area contributed by atoms with Gasteiger partial charge in [0.25, 0.3) is 0 Å². The molecule has 2 heterocycles. The van der Waals surface area contributed by atoms with Crippen LogP contribution in [0.4, 0.5) is 5.69 Å². The van der Waals surface area contributed by atoms with E-state index >= 15 is 0 Å². The van der Waals surface area contributed by atoms with Gasteiger partial charge in [-0.2, -0.15) is 4.98 Å². The van der Waals surface area contributed by atoms with Crippen LogP contribution in [-0.2, 0) is 4.79 Å². The molecule has 0 aliphatic carbocycles. The van der Waals surface area contributed by atoms with Crippen molar-refractivity contribution in [2.75, 3.05) is 17.3 Å². The molecule has 0 fully saturated rings. The van der Waals surface area contributed by atoms with Crippen molar-refractivity contribution in [3.05, 3.63) is 79.4 Å². The van der Waals surface area contributed by atoms with Crippen LogP contribution in [-0.4, -0.2) is 33.4 Å². The minimum absolute atomic E-state index is 0.170. The van der Waals surface area contributed by atoms with Gasteiger partial charge in [-0.3, -0.25) is 9.69 Å². The number of carbonyl (C=O) groups excluding carboxylic acids is 1. The highest BCUT2D eigenvalue weighted by Gasteiger charge is 2.34. The summed E-state index contributed by atoms with van der Waals surface area (Å²) in [4.78, 5) is 19.0. The third kappa shape index (κ3) is 4.36. The third-order valence-corrected chi connectivity index (χ3v) is 5.55. The number of anilines is 1. The van der Waals surface area contributed by atoms with E-state index < -0.39 is 6.23 Å². The second kappa shape index (κ2) is 9.65. The average Bonchev–Trinajstić information content (AvgIpc) is 2.96. The number of carbonyl (C=O) groups is 1. The van der Waals surface area contributed by atoms with Gasteiger partial charge in [-0.05, 0) is 30.3 Å². The Kier molecular flexibility index (Phi) is 6.51. The molecule has 1 amide bonds. The van der Waals surface area contributed by atoms with Gasteiger partial charge in [-0.25, -0.2) is 0 Å². The van der Waals surface area contributed by atoms with E-state index in [-0.39, 0.29) is 5.91 Å². The minimum Gasteiger partial charge on any atom is -0.490 e. The van der Waals surface area contributed by atoms with E-state index in [4.69, 9.17) is 9.47 Å². The fourth-order valence-electron chi connectivity index (χ4n) is 3.35. The molecule has 1 aromatic heterocycles. The molecule has 1 aliphatic heterocycles. The molecule has 32 heavy (non-hydrogen) atoms. The molecule has 7 nitrogen and oxygen atoms in total. The SMILES string of the molecule is C=CCOc1ccc([C@H]2Oc3nc(SCC=C)nnc3-c3ccccc3N2C(C)=O)cc1. The molecular weight excluding hydrogens is 424 g/mol. The van der Waals surface area contributed by atoms with Crippen molar-refractivity contribution >= 4 is 23.4 Å². The van der Waals surface area contributed by atoms with Gasteiger partial charge >= 0.3 is 0 Å². The van der Waals surface area contributed by atoms with Gasteiger partial charge in [-0.15, -0.1) is 16.8 Å². The number of hydrogen-bond donors (Lipinski definition) is 0. The van der Waals surface area contributed by atoms with Crippen molar-refractivity contribution in [1.29, 1.82) is 0 Å². The lowest BCUT2D eigenvalue weighted by atomic mass is 10.1. The van der Waals surface area contributed by atoms with E-state index in [2.05, 4.69) is 28.3 Å². The first kappa shape index (κ1) is 21.6. The van der Waals surface area contributed by atoms with Gasteiger partial charge in [0.15, 0.2) is 5.69 Å². The molecule has 0 saturated carbocycles. The number of rotatable bonds is 7. The van der Waals surface area contributed by atoms with E-state index in [1.165, 1.54) is 18.7 Å². The Morgan fingerprint density at radius 2 is 1.94 bits per heavy atom. The first-order valence-corrected chi connectivity index (χ1v) is 11.0. The summed E-state index contributed by atoms with van der Waals surface area (Å²) in [5.74, 6) is 1.49. The zero-order valence-corrected chi connectivity index (χ0v) is 18.4. The summed E-state index contributed by atoms with van der Waals surface area (Å²) in [6.45, 7) is 9.31. The fraction of sp³-hybridized carbons (Fsp3) is 0.167. The number of hydrogen-bond acceptors (Lipinski definition) is 7. The summed E-state index contributed by atoms with van der Waals surface area (Å²) in [5, 5.41) is 9.08. The first-order valence-electron chi connectivity index (χ1n) is 10.00. The molecule has 0 unspecified atom stereocenters. The predicted molar refractivity (Wildman–Crippen MR) is 125 cm³/mol. The fourth-order valence-corrected chi connectivity index (χ4v) is 3.86. The Morgan fingerprint density at radius 1 is 1.16 bits per heavy atom. The molecule has 2 aromatic carbocycles. The lowest BCUT2D eigenvalue weighted by molar-refractivity contribution is -0.118. The van der Waals surface area contributed by atoms with Crippen molar-refractivity contribution in [1.82, 2.24) is 15.2 Å². The number of para-hydroxylation sites is 1. The Morgan fingerprint density at radius 3 is 2.66 bits per heavy atom. The Hall–Kier alpha value is -3.65. The van der Waals surface area contributed by atoms with E-state index in [0.717, 1.165) is 11.1 Å². The van der Waals surface area contributed by atoms with Crippen LogP contribution in [0, 0.1) is 0 Å². The van der Waals surface area contributed by atoms with Crippen molar-refractivity contribution in [2.24, 2.45) is 0 Å². The number of fused-ring (bicyclic) bond motifs is 3. The van der Waals surface area contributed by atoms with Crippen LogP contribution in [0.5, 0.6) is 11.6 Å². The van der Waals surface area contributed by atoms with Gasteiger partial charge in [0.05, 0.1) is 5.69 Å². The van der Waals surface area contributed by atoms with Crippen molar-refractivity contribution < 1.29 is 14.3 Å². The molecule has 3 aromatic rings. The van der Waals surface area contributed by atoms with Gasteiger partial charge in [0.2, 0.25) is 23.2 Å². The van der Waals surface area contributed by atoms with E-state index in [1.807, 2.05) is 48.5 Å². The maximum absolute atomic E-state index is 12.8. The lowest BCUT2D eigenvalue weighted by Gasteiger charge is -2.30. The summed E-state index contributed by atoms with van der Waals surface area (Å²) in [6, 6.07) is 14.9. The largest absolute Gasteiger partial charge is 0.490 e. The van der Waals surface area contributed by atoms with Crippen molar-refractivity contribution in [3.8, 4) is 22.9 Å². The Bertz CT molecular complexity index is 1150. The van der Waals surface area contributed by atoms with E-state index in [0.29, 0.717) is 40.5 Å². The first-order chi connectivity index (χ1) is 15.6. The Labute approximate surface area is 190 Å². The van der Waals surface area contributed by atoms with Crippen LogP contribution >= 0.6 is 11.8 Å². The third-order valence-electron chi connectivity index (χ3n) is 4.71. The number of thioether (sulfide) groups is 1. The number of amides is 1. The van der Waals surface area contributed by atoms with Crippen molar-refractivity contribution in [2.45, 2.75) is 18.3 Å². The highest BCUT2D eigenvalue weighted by atomic mass is 32.2. The summed E-state index contributed by atoms with van der Waals surface area (Å²) in [6.07, 6.45) is 2.71. The van der Waals surface area contributed by atoms with E-state index in [1.54, 1.807) is 17.1 Å². The molecule has 0 bridgehead atoms. The molecule has 162 valence electrons. The average molecular weight is 447 g/mol. The minimum atomic E-state index is -0.739. The molecule has 0 spiro atoms. The normalized spacial score (nSPS) is 14.4. The number of aromatic nitrogens is 3. The van der Waals surface area contributed by atoms with Crippen LogP contribution in [0.25, 0.3) is 11.3 Å². The van der Waals surface area contributed by atoms with Crippen LogP contribution < -0.4 is 14.4 Å². The summed E-state index contributed by atoms with van der Waals surface area (Å²) >= 11 is 1.41. The molecule has 1 aliphatic rings. The summed E-state index contributed by atoms with van der Waals surface area (Å²) in [7, 11) is 0. The zero-order valence-electron chi connectivity index (χ0n) is 17.6.